The zero-order valence-electron chi connectivity index (χ0n) is 20.6. The smallest absolute Gasteiger partial charge is 0.242 e. The number of rotatable bonds is 10. The van der Waals surface area contributed by atoms with Crippen LogP contribution in [-0.2, 0) is 16.0 Å². The topological polar surface area (TPSA) is 76.7 Å². The molecule has 0 spiro atoms. The number of thioether (sulfide) groups is 1. The fourth-order valence-corrected chi connectivity index (χ4v) is 4.84. The van der Waals surface area contributed by atoms with Crippen LogP contribution in [0.25, 0.3) is 0 Å². The normalized spacial score (nSPS) is 11.3. The Morgan fingerprint density at radius 1 is 0.730 bits per heavy atom. The monoisotopic (exact) mass is 512 g/mol. The molecule has 0 saturated heterocycles. The van der Waals surface area contributed by atoms with Gasteiger partial charge < -0.3 is 20.1 Å². The number of methoxy groups -OCH3 is 2. The summed E-state index contributed by atoms with van der Waals surface area (Å²) in [6.45, 7) is 0. The molecule has 2 amide bonds. The van der Waals surface area contributed by atoms with Crippen molar-refractivity contribution in [2.45, 2.75) is 16.6 Å². The molecule has 7 heteroatoms. The lowest BCUT2D eigenvalue weighted by molar-refractivity contribution is -0.116. The van der Waals surface area contributed by atoms with E-state index in [4.69, 9.17) is 9.47 Å². The van der Waals surface area contributed by atoms with E-state index >= 15 is 0 Å². The molecule has 4 aromatic carbocycles. The molecule has 0 bridgehead atoms. The van der Waals surface area contributed by atoms with Gasteiger partial charge >= 0.3 is 0 Å². The number of ether oxygens (including phenoxy) is 2. The van der Waals surface area contributed by atoms with Crippen LogP contribution in [-0.4, -0.2) is 26.0 Å². The van der Waals surface area contributed by atoms with E-state index < -0.39 is 5.25 Å². The molecule has 0 saturated carbocycles. The third-order valence-corrected chi connectivity index (χ3v) is 6.79. The Balaban J connectivity index is 1.52. The molecular formula is C30H28N2O4S. The summed E-state index contributed by atoms with van der Waals surface area (Å²) in [4.78, 5) is 26.9. The van der Waals surface area contributed by atoms with Crippen LogP contribution in [0.5, 0.6) is 11.5 Å². The summed E-state index contributed by atoms with van der Waals surface area (Å²) >= 11 is 1.41. The summed E-state index contributed by atoms with van der Waals surface area (Å²) in [7, 11) is 3.13. The van der Waals surface area contributed by atoms with Gasteiger partial charge in [-0.2, -0.15) is 0 Å². The molecule has 1 atom stereocenters. The van der Waals surface area contributed by atoms with E-state index in [1.54, 1.807) is 32.4 Å². The molecule has 0 aliphatic carbocycles. The van der Waals surface area contributed by atoms with E-state index in [0.29, 0.717) is 22.9 Å². The quantitative estimate of drug-likeness (QED) is 0.242. The number of hydrogen-bond acceptors (Lipinski definition) is 5. The second kappa shape index (κ2) is 12.6. The van der Waals surface area contributed by atoms with Gasteiger partial charge in [-0.1, -0.05) is 66.7 Å². The molecule has 0 aliphatic heterocycles. The number of benzene rings is 4. The van der Waals surface area contributed by atoms with Crippen LogP contribution in [0.1, 0.15) is 16.4 Å². The first-order valence-corrected chi connectivity index (χ1v) is 12.6. The number of anilines is 2. The Bertz CT molecular complexity index is 1320. The van der Waals surface area contributed by atoms with E-state index in [1.165, 1.54) is 11.8 Å². The van der Waals surface area contributed by atoms with E-state index in [0.717, 1.165) is 16.0 Å². The molecule has 6 nitrogen and oxygen atoms in total. The summed E-state index contributed by atoms with van der Waals surface area (Å²) in [5, 5.41) is 5.42. The first-order chi connectivity index (χ1) is 18.0. The minimum Gasteiger partial charge on any atom is -0.497 e. The molecule has 0 aliphatic rings. The van der Waals surface area contributed by atoms with Crippen molar-refractivity contribution in [2.24, 2.45) is 0 Å². The van der Waals surface area contributed by atoms with Gasteiger partial charge in [0.2, 0.25) is 11.8 Å². The number of nitrogens with one attached hydrogen (secondary N) is 2. The van der Waals surface area contributed by atoms with Crippen LogP contribution in [0, 0.1) is 0 Å². The van der Waals surface area contributed by atoms with Crippen molar-refractivity contribution < 1.29 is 19.1 Å². The Morgan fingerprint density at radius 3 is 2.03 bits per heavy atom. The number of amides is 2. The first-order valence-electron chi connectivity index (χ1n) is 11.7. The predicted octanol–water partition coefficient (Wildman–Crippen LogP) is 6.36. The van der Waals surface area contributed by atoms with Crippen LogP contribution in [0.4, 0.5) is 11.4 Å². The van der Waals surface area contributed by atoms with Gasteiger partial charge in [0.25, 0.3) is 0 Å². The first kappa shape index (κ1) is 25.9. The SMILES string of the molecule is COc1cc(NC(=O)C(Sc2cccc(NC(=O)Cc3ccccc3)c2)c2ccccc2)cc(OC)c1. The lowest BCUT2D eigenvalue weighted by Gasteiger charge is -2.18. The van der Waals surface area contributed by atoms with Crippen molar-refractivity contribution in [3.63, 3.8) is 0 Å². The van der Waals surface area contributed by atoms with Crippen molar-refractivity contribution in [3.8, 4) is 11.5 Å². The van der Waals surface area contributed by atoms with Crippen molar-refractivity contribution in [1.29, 1.82) is 0 Å². The van der Waals surface area contributed by atoms with Gasteiger partial charge in [-0.25, -0.2) is 0 Å². The van der Waals surface area contributed by atoms with Crippen LogP contribution >= 0.6 is 11.8 Å². The molecule has 0 aromatic heterocycles. The van der Waals surface area contributed by atoms with Crippen LogP contribution in [0.15, 0.2) is 108 Å². The highest BCUT2D eigenvalue weighted by atomic mass is 32.2. The molecule has 4 rings (SSSR count). The van der Waals surface area contributed by atoms with Gasteiger partial charge in [0, 0.05) is 34.5 Å². The van der Waals surface area contributed by atoms with Gasteiger partial charge in [-0.3, -0.25) is 9.59 Å². The average Bonchev–Trinajstić information content (AvgIpc) is 2.92. The van der Waals surface area contributed by atoms with Gasteiger partial charge in [0.05, 0.1) is 20.6 Å². The molecule has 0 fully saturated rings. The largest absolute Gasteiger partial charge is 0.497 e. The molecule has 0 radical (unpaired) electrons. The minimum absolute atomic E-state index is 0.0994. The van der Waals surface area contributed by atoms with Crippen molar-refractivity contribution in [1.82, 2.24) is 0 Å². The van der Waals surface area contributed by atoms with Crippen molar-refractivity contribution >= 4 is 35.0 Å². The third-order valence-electron chi connectivity index (χ3n) is 5.54. The van der Waals surface area contributed by atoms with Crippen molar-refractivity contribution in [2.75, 3.05) is 24.9 Å². The highest BCUT2D eigenvalue weighted by Gasteiger charge is 2.23. The van der Waals surface area contributed by atoms with E-state index in [1.807, 2.05) is 84.9 Å². The van der Waals surface area contributed by atoms with Gasteiger partial charge in [0.15, 0.2) is 0 Å². The number of carbonyl (C=O) groups excluding carboxylic acids is 2. The fourth-order valence-electron chi connectivity index (χ4n) is 3.76. The van der Waals surface area contributed by atoms with Gasteiger partial charge in [-0.15, -0.1) is 11.8 Å². The van der Waals surface area contributed by atoms with Crippen LogP contribution in [0.3, 0.4) is 0 Å². The Morgan fingerprint density at radius 2 is 1.38 bits per heavy atom. The highest BCUT2D eigenvalue weighted by molar-refractivity contribution is 8.00. The minimum atomic E-state index is -0.534. The highest BCUT2D eigenvalue weighted by Crippen LogP contribution is 2.37. The lowest BCUT2D eigenvalue weighted by Crippen LogP contribution is -2.19. The molecule has 4 aromatic rings. The van der Waals surface area contributed by atoms with Crippen LogP contribution < -0.4 is 20.1 Å². The summed E-state index contributed by atoms with van der Waals surface area (Å²) in [6, 6.07) is 31.9. The lowest BCUT2D eigenvalue weighted by atomic mass is 10.1. The molecule has 1 unspecified atom stereocenters. The summed E-state index contributed by atoms with van der Waals surface area (Å²) in [5.41, 5.74) is 3.05. The fraction of sp³-hybridized carbons (Fsp3) is 0.133. The second-order valence-corrected chi connectivity index (χ2v) is 9.42. The average molecular weight is 513 g/mol. The van der Waals surface area contributed by atoms with Gasteiger partial charge in [-0.05, 0) is 29.3 Å². The van der Waals surface area contributed by atoms with Crippen molar-refractivity contribution in [3.05, 3.63) is 114 Å². The Hall–Kier alpha value is -4.23. The maximum Gasteiger partial charge on any atom is 0.242 e. The third kappa shape index (κ3) is 7.38. The van der Waals surface area contributed by atoms with E-state index in [-0.39, 0.29) is 18.2 Å². The maximum absolute atomic E-state index is 13.5. The number of carbonyl (C=O) groups is 2. The summed E-state index contributed by atoms with van der Waals surface area (Å²) in [6.07, 6.45) is 0.289. The van der Waals surface area contributed by atoms with E-state index in [9.17, 15) is 9.59 Å². The molecule has 0 heterocycles. The predicted molar refractivity (Wildman–Crippen MR) is 148 cm³/mol. The number of hydrogen-bond donors (Lipinski definition) is 2. The Labute approximate surface area is 221 Å². The second-order valence-electron chi connectivity index (χ2n) is 8.24. The maximum atomic E-state index is 13.5. The molecule has 2 N–H and O–H groups in total. The zero-order chi connectivity index (χ0) is 26.0. The summed E-state index contributed by atoms with van der Waals surface area (Å²) in [5.74, 6) is 0.873. The molecular weight excluding hydrogens is 484 g/mol. The van der Waals surface area contributed by atoms with Gasteiger partial charge in [0.1, 0.15) is 16.7 Å². The van der Waals surface area contributed by atoms with Crippen LogP contribution in [0.2, 0.25) is 0 Å². The zero-order valence-corrected chi connectivity index (χ0v) is 21.5. The summed E-state index contributed by atoms with van der Waals surface area (Å²) < 4.78 is 10.7. The Kier molecular flexibility index (Phi) is 8.84. The molecule has 37 heavy (non-hydrogen) atoms. The standard InChI is InChI=1S/C30H28N2O4S/c1-35-25-17-24(18-26(20-25)36-2)32-30(34)29(22-12-7-4-8-13-22)37-27-15-9-14-23(19-27)31-28(33)16-21-10-5-3-6-11-21/h3-15,17-20,29H,16H2,1-2H3,(H,31,33)(H,32,34). The van der Waals surface area contributed by atoms with E-state index in [2.05, 4.69) is 10.6 Å². The molecule has 188 valence electrons.